The van der Waals surface area contributed by atoms with Gasteiger partial charge in [-0.1, -0.05) is 60.1 Å². The minimum Gasteiger partial charge on any atom is -0.481 e. The third-order valence-electron chi connectivity index (χ3n) is 7.73. The zero-order valence-corrected chi connectivity index (χ0v) is 28.0. The second kappa shape index (κ2) is 16.6. The second-order valence-electron chi connectivity index (χ2n) is 11.4. The number of nitrogens with zero attached hydrogens (tertiary/aromatic N) is 1. The maximum atomic E-state index is 14.1. The average molecular weight is 728 g/mol. The second-order valence-corrected chi connectivity index (χ2v) is 11.8. The van der Waals surface area contributed by atoms with Gasteiger partial charge in [-0.2, -0.15) is 26.3 Å². The molecule has 0 aliphatic carbocycles. The number of halogens is 7. The minimum absolute atomic E-state index is 0.0151. The Morgan fingerprint density at radius 1 is 0.784 bits per heavy atom. The van der Waals surface area contributed by atoms with E-state index in [1.165, 1.54) is 6.07 Å². The summed E-state index contributed by atoms with van der Waals surface area (Å²) in [7, 11) is 0. The first-order chi connectivity index (χ1) is 24.1. The van der Waals surface area contributed by atoms with Gasteiger partial charge < -0.3 is 15.7 Å². The highest BCUT2D eigenvalue weighted by Crippen LogP contribution is 2.41. The largest absolute Gasteiger partial charge is 0.481 e. The Bertz CT molecular complexity index is 1980. The van der Waals surface area contributed by atoms with E-state index < -0.39 is 29.4 Å². The van der Waals surface area contributed by atoms with E-state index in [1.54, 1.807) is 80.7 Å². The van der Waals surface area contributed by atoms with E-state index in [9.17, 15) is 35.9 Å². The van der Waals surface area contributed by atoms with Gasteiger partial charge in [0.05, 0.1) is 22.6 Å². The van der Waals surface area contributed by atoms with Crippen molar-refractivity contribution in [3.63, 3.8) is 0 Å². The summed E-state index contributed by atoms with van der Waals surface area (Å²) in [5, 5.41) is 13.8. The van der Waals surface area contributed by atoms with Crippen molar-refractivity contribution in [1.29, 1.82) is 0 Å². The van der Waals surface area contributed by atoms with E-state index in [-0.39, 0.29) is 19.5 Å². The van der Waals surface area contributed by atoms with Gasteiger partial charge in [-0.3, -0.25) is 14.6 Å². The van der Waals surface area contributed by atoms with Crippen LogP contribution in [0.15, 0.2) is 97.2 Å². The monoisotopic (exact) mass is 727 g/mol. The summed E-state index contributed by atoms with van der Waals surface area (Å²) in [6, 6.07) is 23.2. The van der Waals surface area contributed by atoms with Gasteiger partial charge in [0.25, 0.3) is 0 Å². The molecule has 0 aliphatic rings. The molecule has 1 aromatic heterocycles. The molecule has 3 N–H and O–H groups in total. The van der Waals surface area contributed by atoms with Crippen LogP contribution in [0, 0.1) is 13.8 Å². The first-order valence-electron chi connectivity index (χ1n) is 15.4. The minimum atomic E-state index is -4.57. The first kappa shape index (κ1) is 38.4. The Hall–Kier alpha value is -5.36. The number of hydrogen-bond acceptors (Lipinski definition) is 4. The number of aryl methyl sites for hydroxylation is 2. The molecule has 5 rings (SSSR count). The number of carboxylic acids is 1. The van der Waals surface area contributed by atoms with Gasteiger partial charge in [0.15, 0.2) is 0 Å². The smallest absolute Gasteiger partial charge is 0.416 e. The molecule has 51 heavy (non-hydrogen) atoms. The number of hydrogen-bond donors (Lipinski definition) is 3. The summed E-state index contributed by atoms with van der Waals surface area (Å²) in [5.41, 5.74) is 3.94. The number of carboxylic acid groups (broad SMARTS) is 1. The highest BCUT2D eigenvalue weighted by atomic mass is 35.5. The van der Waals surface area contributed by atoms with E-state index in [1.807, 2.05) is 0 Å². The van der Waals surface area contributed by atoms with E-state index in [0.29, 0.717) is 61.6 Å². The van der Waals surface area contributed by atoms with E-state index >= 15 is 0 Å². The van der Waals surface area contributed by atoms with E-state index in [4.69, 9.17) is 16.7 Å². The van der Waals surface area contributed by atoms with Crippen LogP contribution in [-0.4, -0.2) is 29.0 Å². The summed E-state index contributed by atoms with van der Waals surface area (Å²) in [6.07, 6.45) is -7.00. The standard InChI is InChI=1S/C34H25ClF6N2.C4H7NO3/c1-20-14-24(33(36,37)38)10-12-27(20)28-13-11-26(17-32(28)35)43-19-31-29(22-6-4-3-5-7-22)15-25(34(39,40)41)16-30(31)23-9-8-21(2)42-18-23;6-3-5-2-1-4(7)8/h3-18,43H,19H2,1-2H3;3H,1-2H2,(H,5,6)(H,7,8). The topological polar surface area (TPSA) is 91.3 Å². The number of aromatic nitrogens is 1. The molecule has 0 radical (unpaired) electrons. The molecule has 1 heterocycles. The number of nitrogens with one attached hydrogen (secondary N) is 2. The lowest BCUT2D eigenvalue weighted by Gasteiger charge is -2.20. The fourth-order valence-corrected chi connectivity index (χ4v) is 5.48. The van der Waals surface area contributed by atoms with Crippen molar-refractivity contribution >= 4 is 29.7 Å². The van der Waals surface area contributed by atoms with Gasteiger partial charge in [0.1, 0.15) is 0 Å². The van der Waals surface area contributed by atoms with Crippen LogP contribution in [0.3, 0.4) is 0 Å². The molecule has 4 aromatic carbocycles. The molecule has 0 bridgehead atoms. The van der Waals surface area contributed by atoms with Crippen molar-refractivity contribution in [3.05, 3.63) is 130 Å². The number of pyridine rings is 1. The Morgan fingerprint density at radius 2 is 1.43 bits per heavy atom. The van der Waals surface area contributed by atoms with Crippen LogP contribution >= 0.6 is 11.6 Å². The molecule has 6 nitrogen and oxygen atoms in total. The number of alkyl halides is 6. The number of carbonyl (C=O) groups excluding carboxylic acids is 1. The van der Waals surface area contributed by atoms with Gasteiger partial charge in [-0.15, -0.1) is 0 Å². The highest BCUT2D eigenvalue weighted by molar-refractivity contribution is 6.33. The van der Waals surface area contributed by atoms with Crippen LogP contribution in [0.4, 0.5) is 32.0 Å². The Morgan fingerprint density at radius 3 is 1.98 bits per heavy atom. The molecular formula is C38H32ClF6N3O3. The van der Waals surface area contributed by atoms with Crippen molar-refractivity contribution in [2.75, 3.05) is 11.9 Å². The van der Waals surface area contributed by atoms with Crippen molar-refractivity contribution in [3.8, 4) is 33.4 Å². The van der Waals surface area contributed by atoms with Crippen LogP contribution in [-0.2, 0) is 28.5 Å². The Labute approximate surface area is 295 Å². The fraction of sp³-hybridized carbons (Fsp3) is 0.184. The van der Waals surface area contributed by atoms with Gasteiger partial charge in [-0.05, 0) is 89.7 Å². The molecule has 0 saturated heterocycles. The van der Waals surface area contributed by atoms with Gasteiger partial charge >= 0.3 is 18.3 Å². The maximum Gasteiger partial charge on any atom is 0.416 e. The fourth-order valence-electron chi connectivity index (χ4n) is 5.20. The normalized spacial score (nSPS) is 11.3. The summed E-state index contributed by atoms with van der Waals surface area (Å²) in [5.74, 6) is -0.903. The van der Waals surface area contributed by atoms with Gasteiger partial charge in [0.2, 0.25) is 6.41 Å². The molecule has 0 aliphatic heterocycles. The lowest BCUT2D eigenvalue weighted by molar-refractivity contribution is -0.138. The number of anilines is 1. The Balaban J connectivity index is 0.000000652. The number of aliphatic carboxylic acids is 1. The van der Waals surface area contributed by atoms with Crippen LogP contribution in [0.5, 0.6) is 0 Å². The number of carbonyl (C=O) groups is 2. The van der Waals surface area contributed by atoms with Crippen molar-refractivity contribution < 1.29 is 41.0 Å². The predicted molar refractivity (Wildman–Crippen MR) is 185 cm³/mol. The first-order valence-corrected chi connectivity index (χ1v) is 15.8. The van der Waals surface area contributed by atoms with Gasteiger partial charge in [0, 0.05) is 41.8 Å². The molecule has 0 atom stereocenters. The van der Waals surface area contributed by atoms with Crippen LogP contribution in [0.2, 0.25) is 5.02 Å². The third-order valence-corrected chi connectivity index (χ3v) is 8.05. The van der Waals surface area contributed by atoms with Crippen molar-refractivity contribution in [2.45, 2.75) is 39.2 Å². The molecule has 13 heteroatoms. The van der Waals surface area contributed by atoms with Crippen LogP contribution in [0.25, 0.3) is 33.4 Å². The summed E-state index contributed by atoms with van der Waals surface area (Å²) >= 11 is 6.59. The molecule has 266 valence electrons. The maximum absolute atomic E-state index is 14.1. The molecule has 0 saturated carbocycles. The zero-order chi connectivity index (χ0) is 37.3. The SMILES string of the molecule is Cc1ccc(-c2cc(C(F)(F)F)cc(-c3ccccc3)c2CNc2ccc(-c3ccc(C(F)(F)F)cc3C)c(Cl)c2)cn1.O=CNCCC(=O)O. The van der Waals surface area contributed by atoms with Crippen LogP contribution in [0.1, 0.15) is 34.4 Å². The molecule has 1 amide bonds. The summed E-state index contributed by atoms with van der Waals surface area (Å²) in [6.45, 7) is 3.75. The third kappa shape index (κ3) is 10.3. The van der Waals surface area contributed by atoms with Crippen LogP contribution < -0.4 is 10.6 Å². The Kier molecular flexibility index (Phi) is 12.5. The van der Waals surface area contributed by atoms with Crippen molar-refractivity contribution in [1.82, 2.24) is 10.3 Å². The lowest BCUT2D eigenvalue weighted by atomic mass is 9.89. The van der Waals surface area contributed by atoms with Gasteiger partial charge in [-0.25, -0.2) is 0 Å². The number of benzene rings is 4. The summed E-state index contributed by atoms with van der Waals surface area (Å²) < 4.78 is 81.6. The highest BCUT2D eigenvalue weighted by Gasteiger charge is 2.33. The lowest BCUT2D eigenvalue weighted by Crippen LogP contribution is -2.15. The predicted octanol–water partition coefficient (Wildman–Crippen LogP) is 10.2. The average Bonchev–Trinajstić information content (AvgIpc) is 3.07. The van der Waals surface area contributed by atoms with Crippen molar-refractivity contribution in [2.24, 2.45) is 0 Å². The molecule has 0 spiro atoms. The quantitative estimate of drug-likeness (QED) is 0.0757. The number of rotatable bonds is 10. The van der Waals surface area contributed by atoms with E-state index in [0.717, 1.165) is 30.0 Å². The zero-order valence-electron chi connectivity index (χ0n) is 27.3. The number of amides is 1. The molecule has 0 fully saturated rings. The summed E-state index contributed by atoms with van der Waals surface area (Å²) in [4.78, 5) is 23.5. The molecule has 5 aromatic rings. The molecule has 0 unspecified atom stereocenters. The molecular weight excluding hydrogens is 696 g/mol. The van der Waals surface area contributed by atoms with E-state index in [2.05, 4.69) is 15.6 Å².